The molecule has 0 atom stereocenters. The Morgan fingerprint density at radius 3 is 2.50 bits per heavy atom. The Kier molecular flexibility index (Phi) is 4.00. The number of hydrogen-bond donors (Lipinski definition) is 0. The maximum Gasteiger partial charge on any atom is 0.573 e. The van der Waals surface area contributed by atoms with Crippen molar-refractivity contribution in [3.05, 3.63) is 27.3 Å². The van der Waals surface area contributed by atoms with Crippen LogP contribution in [0.3, 0.4) is 0 Å². The van der Waals surface area contributed by atoms with Crippen molar-refractivity contribution in [2.24, 2.45) is 0 Å². The number of halogens is 4. The van der Waals surface area contributed by atoms with E-state index >= 15 is 0 Å². The predicted molar refractivity (Wildman–Crippen MR) is 57.2 cm³/mol. The maximum atomic E-state index is 12.0. The van der Waals surface area contributed by atoms with E-state index in [1.807, 2.05) is 0 Å². The van der Waals surface area contributed by atoms with Gasteiger partial charge in [0.15, 0.2) is 0 Å². The van der Waals surface area contributed by atoms with Crippen molar-refractivity contribution in [3.63, 3.8) is 0 Å². The summed E-state index contributed by atoms with van der Waals surface area (Å²) in [5.41, 5.74) is 0.00201. The van der Waals surface area contributed by atoms with E-state index in [1.54, 1.807) is 22.6 Å². The predicted octanol–water partition coefficient (Wildman–Crippen LogP) is 2.98. The highest BCUT2D eigenvalue weighted by atomic mass is 127. The number of hydrogen-bond acceptors (Lipinski definition) is 3. The second-order valence-corrected chi connectivity index (χ2v) is 3.85. The molecule has 0 aliphatic carbocycles. The van der Waals surface area contributed by atoms with Gasteiger partial charge in [-0.25, -0.2) is 4.79 Å². The van der Waals surface area contributed by atoms with Gasteiger partial charge in [-0.05, 0) is 40.8 Å². The first kappa shape index (κ1) is 13.1. The summed E-state index contributed by atoms with van der Waals surface area (Å²) in [7, 11) is 1.14. The molecule has 0 unspecified atom stereocenters. The number of esters is 1. The van der Waals surface area contributed by atoms with Crippen LogP contribution in [0.1, 0.15) is 10.4 Å². The lowest BCUT2D eigenvalue weighted by Crippen LogP contribution is -2.18. The van der Waals surface area contributed by atoms with E-state index in [4.69, 9.17) is 0 Å². The van der Waals surface area contributed by atoms with E-state index in [0.717, 1.165) is 13.2 Å². The fourth-order valence-electron chi connectivity index (χ4n) is 0.951. The Bertz CT molecular complexity index is 403. The Labute approximate surface area is 103 Å². The molecule has 88 valence electrons. The van der Waals surface area contributed by atoms with E-state index in [-0.39, 0.29) is 9.13 Å². The van der Waals surface area contributed by atoms with Crippen LogP contribution in [-0.4, -0.2) is 19.4 Å². The Hall–Kier alpha value is -0.990. The summed E-state index contributed by atoms with van der Waals surface area (Å²) in [6, 6.07) is 3.69. The molecule has 0 saturated carbocycles. The van der Waals surface area contributed by atoms with Crippen LogP contribution in [0.5, 0.6) is 5.75 Å². The minimum absolute atomic E-state index is 0.00201. The van der Waals surface area contributed by atoms with E-state index in [9.17, 15) is 18.0 Å². The number of benzene rings is 1. The highest BCUT2D eigenvalue weighted by Crippen LogP contribution is 2.28. The van der Waals surface area contributed by atoms with Crippen molar-refractivity contribution in [3.8, 4) is 5.75 Å². The van der Waals surface area contributed by atoms with Crippen molar-refractivity contribution >= 4 is 28.6 Å². The van der Waals surface area contributed by atoms with Crippen LogP contribution in [-0.2, 0) is 4.74 Å². The lowest BCUT2D eigenvalue weighted by atomic mass is 10.2. The molecule has 0 bridgehead atoms. The van der Waals surface area contributed by atoms with Gasteiger partial charge < -0.3 is 9.47 Å². The summed E-state index contributed by atoms with van der Waals surface area (Å²) in [5.74, 6) is -1.14. The molecule has 0 radical (unpaired) electrons. The van der Waals surface area contributed by atoms with Crippen LogP contribution in [0.4, 0.5) is 13.2 Å². The third-order valence-electron chi connectivity index (χ3n) is 1.58. The summed E-state index contributed by atoms with van der Waals surface area (Å²) >= 11 is 1.68. The topological polar surface area (TPSA) is 35.5 Å². The van der Waals surface area contributed by atoms with E-state index in [1.165, 1.54) is 12.1 Å². The molecule has 0 saturated heterocycles. The van der Waals surface area contributed by atoms with Gasteiger partial charge in [0.2, 0.25) is 0 Å². The Morgan fingerprint density at radius 2 is 2.00 bits per heavy atom. The molecule has 3 nitrogen and oxygen atoms in total. The van der Waals surface area contributed by atoms with Gasteiger partial charge in [-0.15, -0.1) is 13.2 Å². The Balaban J connectivity index is 3.04. The highest BCUT2D eigenvalue weighted by molar-refractivity contribution is 14.1. The van der Waals surface area contributed by atoms with Crippen molar-refractivity contribution in [1.82, 2.24) is 0 Å². The van der Waals surface area contributed by atoms with Crippen LogP contribution >= 0.6 is 22.6 Å². The molecule has 7 heteroatoms. The number of methoxy groups -OCH3 is 1. The Morgan fingerprint density at radius 1 is 1.38 bits per heavy atom. The van der Waals surface area contributed by atoms with E-state index in [2.05, 4.69) is 9.47 Å². The molecule has 0 spiro atoms. The van der Waals surface area contributed by atoms with Crippen LogP contribution in [0.15, 0.2) is 18.2 Å². The van der Waals surface area contributed by atoms with Gasteiger partial charge in [-0.2, -0.15) is 0 Å². The molecule has 0 N–H and O–H groups in total. The number of rotatable bonds is 2. The molecular formula is C9H6F3IO3. The largest absolute Gasteiger partial charge is 0.573 e. The number of alkyl halides is 3. The molecule has 0 fully saturated rings. The van der Waals surface area contributed by atoms with Gasteiger partial charge in [-0.1, -0.05) is 0 Å². The molecule has 0 heterocycles. The lowest BCUT2D eigenvalue weighted by molar-refractivity contribution is -0.275. The third kappa shape index (κ3) is 3.54. The van der Waals surface area contributed by atoms with Crippen LogP contribution in [0.25, 0.3) is 0 Å². The van der Waals surface area contributed by atoms with Gasteiger partial charge in [0.05, 0.1) is 16.2 Å². The van der Waals surface area contributed by atoms with Gasteiger partial charge >= 0.3 is 12.3 Å². The summed E-state index contributed by atoms with van der Waals surface area (Å²) < 4.78 is 44.4. The molecular weight excluding hydrogens is 340 g/mol. The average molecular weight is 346 g/mol. The summed E-state index contributed by atoms with van der Waals surface area (Å²) in [4.78, 5) is 11.1. The smallest absolute Gasteiger partial charge is 0.465 e. The molecule has 0 aromatic heterocycles. The summed E-state index contributed by atoms with van der Waals surface area (Å²) in [6.45, 7) is 0. The van der Waals surface area contributed by atoms with Gasteiger partial charge in [-0.3, -0.25) is 0 Å². The van der Waals surface area contributed by atoms with Gasteiger partial charge in [0.1, 0.15) is 5.75 Å². The highest BCUT2D eigenvalue weighted by Gasteiger charge is 2.32. The third-order valence-corrected chi connectivity index (χ3v) is 2.47. The monoisotopic (exact) mass is 346 g/mol. The molecule has 0 amide bonds. The number of carbonyl (C=O) groups excluding carboxylic acids is 1. The average Bonchev–Trinajstić information content (AvgIpc) is 2.18. The second-order valence-electron chi connectivity index (χ2n) is 2.68. The zero-order chi connectivity index (χ0) is 12.3. The first-order valence-electron chi connectivity index (χ1n) is 3.97. The van der Waals surface area contributed by atoms with Crippen molar-refractivity contribution < 1.29 is 27.4 Å². The zero-order valence-corrected chi connectivity index (χ0v) is 10.1. The van der Waals surface area contributed by atoms with Crippen LogP contribution < -0.4 is 4.74 Å². The quantitative estimate of drug-likeness (QED) is 0.610. The molecule has 1 aromatic carbocycles. The molecule has 16 heavy (non-hydrogen) atoms. The first-order chi connectivity index (χ1) is 7.33. The van der Waals surface area contributed by atoms with Gasteiger partial charge in [0.25, 0.3) is 0 Å². The van der Waals surface area contributed by atoms with Crippen LogP contribution in [0.2, 0.25) is 0 Å². The van der Waals surface area contributed by atoms with Crippen LogP contribution in [0, 0.1) is 3.57 Å². The van der Waals surface area contributed by atoms with Crippen molar-refractivity contribution in [2.75, 3.05) is 7.11 Å². The van der Waals surface area contributed by atoms with Crippen molar-refractivity contribution in [1.29, 1.82) is 0 Å². The second kappa shape index (κ2) is 4.89. The number of ether oxygens (including phenoxy) is 2. The minimum atomic E-state index is -4.78. The van der Waals surface area contributed by atoms with Crippen molar-refractivity contribution in [2.45, 2.75) is 6.36 Å². The fourth-order valence-corrected chi connectivity index (χ4v) is 1.40. The van der Waals surface area contributed by atoms with E-state index < -0.39 is 18.1 Å². The molecule has 1 aromatic rings. The molecule has 0 aliphatic heterocycles. The lowest BCUT2D eigenvalue weighted by Gasteiger charge is -2.11. The SMILES string of the molecule is COC(=O)c1ccc(I)c(OC(F)(F)F)c1. The van der Waals surface area contributed by atoms with Gasteiger partial charge in [0, 0.05) is 0 Å². The molecule has 0 aliphatic rings. The number of carbonyl (C=O) groups is 1. The standard InChI is InChI=1S/C9H6F3IO3/c1-15-8(14)5-2-3-6(13)7(4-5)16-9(10,11)12/h2-4H,1H3. The molecule has 1 rings (SSSR count). The fraction of sp³-hybridized carbons (Fsp3) is 0.222. The zero-order valence-electron chi connectivity index (χ0n) is 7.97. The normalized spacial score (nSPS) is 11.1. The van der Waals surface area contributed by atoms with E-state index in [0.29, 0.717) is 0 Å². The summed E-state index contributed by atoms with van der Waals surface area (Å²) in [5, 5.41) is 0. The maximum absolute atomic E-state index is 12.0. The first-order valence-corrected chi connectivity index (χ1v) is 5.05. The minimum Gasteiger partial charge on any atom is -0.465 e. The summed E-state index contributed by atoms with van der Waals surface area (Å²) in [6.07, 6.45) is -4.78.